The zero-order chi connectivity index (χ0) is 35.6. The van der Waals surface area contributed by atoms with Crippen LogP contribution in [0.4, 0.5) is 0 Å². The number of hydrogen-bond donors (Lipinski definition) is 4. The average Bonchev–Trinajstić information content (AvgIpc) is 2.79. The molecule has 33 heteroatoms. The fourth-order valence-electron chi connectivity index (χ4n) is 1.52. The predicted molar refractivity (Wildman–Crippen MR) is 138 cm³/mol. The summed E-state index contributed by atoms with van der Waals surface area (Å²) in [6.07, 6.45) is -0.158. The quantitative estimate of drug-likeness (QED) is 0.0544. The maximum absolute atomic E-state index is 10.0. The van der Waals surface area contributed by atoms with Gasteiger partial charge in [0.2, 0.25) is 0 Å². The van der Waals surface area contributed by atoms with Crippen LogP contribution in [0.1, 0.15) is 25.7 Å². The van der Waals surface area contributed by atoms with E-state index in [4.69, 9.17) is 18.2 Å². The molecule has 0 saturated heterocycles. The summed E-state index contributed by atoms with van der Waals surface area (Å²) in [4.78, 5) is 38.9. The molecule has 264 valence electrons. The van der Waals surface area contributed by atoms with E-state index >= 15 is 0 Å². The SMILES string of the molecule is O=[P+]([O-])OCCCS(=O)(=O)O.O=[P+]([O-])OCCCS(=O)(=O)O.O=[P+]([O-])OCCCS(=O)(=O)O.O=[P+]([O-])OCCCS(=O)(=O)O.[Zr+4]. The van der Waals surface area contributed by atoms with Crippen LogP contribution in [-0.4, -0.2) is 101 Å². The second-order valence-electron chi connectivity index (χ2n) is 6.79. The van der Waals surface area contributed by atoms with Gasteiger partial charge in [-0.15, -0.1) is 18.1 Å². The molecule has 0 aromatic rings. The van der Waals surface area contributed by atoms with Gasteiger partial charge < -0.3 is 19.6 Å². The Morgan fingerprint density at radius 3 is 0.622 bits per heavy atom. The van der Waals surface area contributed by atoms with Crippen LogP contribution in [0.15, 0.2) is 0 Å². The minimum atomic E-state index is -4.00. The Morgan fingerprint density at radius 1 is 0.400 bits per heavy atom. The van der Waals surface area contributed by atoms with Crippen molar-refractivity contribution in [3.63, 3.8) is 0 Å². The molecule has 0 aromatic heterocycles. The van der Waals surface area contributed by atoms with E-state index in [0.717, 1.165) is 0 Å². The first kappa shape index (κ1) is 55.0. The molecule has 0 fully saturated rings. The van der Waals surface area contributed by atoms with Gasteiger partial charge in [0.25, 0.3) is 40.5 Å². The predicted octanol–water partition coefficient (Wildman–Crippen LogP) is -2.81. The number of rotatable bonds is 20. The summed E-state index contributed by atoms with van der Waals surface area (Å²) in [7, 11) is -27.7. The summed E-state index contributed by atoms with van der Waals surface area (Å²) >= 11 is 0. The zero-order valence-corrected chi connectivity index (χ0v) is 31.7. The summed E-state index contributed by atoms with van der Waals surface area (Å²) in [6.45, 7) is -0.895. The van der Waals surface area contributed by atoms with Gasteiger partial charge in [0.15, 0.2) is 0 Å². The van der Waals surface area contributed by atoms with Crippen LogP contribution in [-0.2, 0) is 103 Å². The van der Waals surface area contributed by atoms with Crippen molar-refractivity contribution in [2.24, 2.45) is 0 Å². The topological polar surface area (TPSA) is 415 Å². The monoisotopic (exact) mass is 898 g/mol. The first-order chi connectivity index (χ1) is 19.7. The van der Waals surface area contributed by atoms with Gasteiger partial charge in [-0.25, -0.2) is 0 Å². The molecule has 0 rings (SSSR count). The average molecular weight is 900 g/mol. The second kappa shape index (κ2) is 30.6. The zero-order valence-electron chi connectivity index (χ0n) is 22.4. The molecule has 0 saturated carbocycles. The summed E-state index contributed by atoms with van der Waals surface area (Å²) in [5.74, 6) is -1.96. The third-order valence-corrected chi connectivity index (χ3v) is 7.77. The number of hydrogen-bond acceptors (Lipinski definition) is 20. The maximum Gasteiger partial charge on any atom is 4.00 e. The minimum absolute atomic E-state index is 0. The fourth-order valence-corrected chi connectivity index (χ4v) is 4.56. The van der Waals surface area contributed by atoms with Crippen LogP contribution in [0.25, 0.3) is 0 Å². The third kappa shape index (κ3) is 76.2. The molecule has 0 amide bonds. The molecule has 4 atom stereocenters. The van der Waals surface area contributed by atoms with E-state index in [9.17, 15) is 71.5 Å². The summed E-state index contributed by atoms with van der Waals surface area (Å²) in [6, 6.07) is 0. The Morgan fingerprint density at radius 2 is 0.533 bits per heavy atom. The van der Waals surface area contributed by atoms with Crippen molar-refractivity contribution < 1.29 is 134 Å². The van der Waals surface area contributed by atoms with Crippen LogP contribution in [0.5, 0.6) is 0 Å². The van der Waals surface area contributed by atoms with Gasteiger partial charge in [-0.1, -0.05) is 0 Å². The molecule has 4 unspecified atom stereocenters. The Balaban J connectivity index is -0.000000157. The van der Waals surface area contributed by atoms with Crippen LogP contribution in [0.2, 0.25) is 0 Å². The molecule has 0 bridgehead atoms. The molecule has 0 aliphatic carbocycles. The molecule has 0 heterocycles. The van der Waals surface area contributed by atoms with Gasteiger partial charge in [0.1, 0.15) is 26.4 Å². The van der Waals surface area contributed by atoms with Crippen molar-refractivity contribution in [2.75, 3.05) is 49.4 Å². The Bertz CT molecular complexity index is 1090. The second-order valence-corrected chi connectivity index (χ2v) is 15.9. The van der Waals surface area contributed by atoms with Crippen molar-refractivity contribution in [2.45, 2.75) is 25.7 Å². The molecule has 0 aliphatic rings. The first-order valence-electron chi connectivity index (χ1n) is 10.6. The Hall–Kier alpha value is 0.603. The third-order valence-electron chi connectivity index (χ3n) is 2.97. The molecule has 0 radical (unpaired) electrons. The smallest absolute Gasteiger partial charge is 0.566 e. The fraction of sp³-hybridized carbons (Fsp3) is 1.00. The van der Waals surface area contributed by atoms with E-state index in [0.29, 0.717) is 0 Å². The van der Waals surface area contributed by atoms with E-state index in [1.54, 1.807) is 0 Å². The minimum Gasteiger partial charge on any atom is -0.566 e. The molecular weight excluding hydrogens is 871 g/mol. The van der Waals surface area contributed by atoms with Crippen LogP contribution < -0.4 is 19.6 Å². The molecule has 4 N–H and O–H groups in total. The molecular formula is C12H28O24P4S4Zr+4. The van der Waals surface area contributed by atoms with Gasteiger partial charge in [0, 0.05) is 0 Å². The largest absolute Gasteiger partial charge is 4.00 e. The van der Waals surface area contributed by atoms with E-state index in [-0.39, 0.29) is 78.3 Å². The van der Waals surface area contributed by atoms with Gasteiger partial charge in [0.05, 0.1) is 23.0 Å². The normalized spacial score (nSPS) is 12.8. The Labute approximate surface area is 281 Å². The summed E-state index contributed by atoms with van der Waals surface area (Å²) in [5.41, 5.74) is 0. The molecule has 0 aliphatic heterocycles. The Kier molecular flexibility index (Phi) is 37.5. The van der Waals surface area contributed by atoms with E-state index < -0.39 is 96.5 Å². The first-order valence-corrected chi connectivity index (χ1v) is 21.4. The summed E-state index contributed by atoms with van der Waals surface area (Å²) in [5, 5.41) is 0. The van der Waals surface area contributed by atoms with E-state index in [1.165, 1.54) is 0 Å². The van der Waals surface area contributed by atoms with Gasteiger partial charge >= 0.3 is 59.2 Å². The standard InChI is InChI=1S/4C3H7O6PS.Zr/c4*4-10(5)9-2-1-3-11(6,7)8;/h4*1-3H2,(H,6,7,8);/q;;;;+4. The van der Waals surface area contributed by atoms with Crippen LogP contribution in [0.3, 0.4) is 0 Å². The molecule has 0 aromatic carbocycles. The van der Waals surface area contributed by atoms with Crippen molar-refractivity contribution in [1.82, 2.24) is 0 Å². The summed E-state index contributed by atoms with van der Waals surface area (Å²) < 4.78 is 168. The molecule has 0 spiro atoms. The van der Waals surface area contributed by atoms with Crippen molar-refractivity contribution in [3.05, 3.63) is 0 Å². The van der Waals surface area contributed by atoms with Gasteiger partial charge in [-0.05, 0) is 43.9 Å². The molecule has 45 heavy (non-hydrogen) atoms. The van der Waals surface area contributed by atoms with Crippen LogP contribution >= 0.6 is 33.0 Å². The van der Waals surface area contributed by atoms with Crippen molar-refractivity contribution in [1.29, 1.82) is 0 Å². The van der Waals surface area contributed by atoms with E-state index in [2.05, 4.69) is 18.1 Å². The van der Waals surface area contributed by atoms with Gasteiger partial charge in [-0.3, -0.25) is 18.2 Å². The molecule has 24 nitrogen and oxygen atoms in total. The van der Waals surface area contributed by atoms with Gasteiger partial charge in [-0.2, -0.15) is 33.7 Å². The van der Waals surface area contributed by atoms with Crippen molar-refractivity contribution >= 4 is 73.5 Å². The van der Waals surface area contributed by atoms with Crippen molar-refractivity contribution in [3.8, 4) is 0 Å². The van der Waals surface area contributed by atoms with E-state index in [1.807, 2.05) is 0 Å². The van der Waals surface area contributed by atoms with Crippen LogP contribution in [0, 0.1) is 0 Å². The maximum atomic E-state index is 10.0.